The van der Waals surface area contributed by atoms with E-state index in [0.29, 0.717) is 25.1 Å². The van der Waals surface area contributed by atoms with Crippen LogP contribution in [0, 0.1) is 0 Å². The molecule has 0 fully saturated rings. The molecule has 2 N–H and O–H groups in total. The number of rotatable bonds is 2. The summed E-state index contributed by atoms with van der Waals surface area (Å²) in [5.74, 6) is -0.131. The van der Waals surface area contributed by atoms with Crippen LogP contribution in [0.1, 0.15) is 28.4 Å². The Morgan fingerprint density at radius 2 is 2.12 bits per heavy atom. The molecule has 0 radical (unpaired) electrons. The second-order valence-corrected chi connectivity index (χ2v) is 6.21. The van der Waals surface area contributed by atoms with Crippen molar-refractivity contribution in [2.75, 3.05) is 11.9 Å². The van der Waals surface area contributed by atoms with E-state index in [-0.39, 0.29) is 11.8 Å². The van der Waals surface area contributed by atoms with Crippen molar-refractivity contribution in [1.82, 2.24) is 14.9 Å². The number of H-pyrrole nitrogens is 1. The number of fused-ring (bicyclic) bond motifs is 2. The smallest absolute Gasteiger partial charge is 0.257 e. The van der Waals surface area contributed by atoms with E-state index in [1.165, 1.54) is 0 Å². The second kappa shape index (κ2) is 6.05. The standard InChI is InChI=1S/C19H18N4O2/c1-12(24)23-8-6-14-13(11-23)9-20-10-16(14)19(25)22-18-4-2-3-17-15(18)5-7-21-17/h2-5,7,9-10,21H,6,8,11H2,1H3,(H,22,25). The van der Waals surface area contributed by atoms with Gasteiger partial charge in [0.05, 0.1) is 11.3 Å². The van der Waals surface area contributed by atoms with Crippen LogP contribution in [0.2, 0.25) is 0 Å². The Hall–Kier alpha value is -3.15. The highest BCUT2D eigenvalue weighted by atomic mass is 16.2. The number of nitrogens with one attached hydrogen (secondary N) is 2. The number of amides is 2. The zero-order valence-corrected chi connectivity index (χ0v) is 13.9. The van der Waals surface area contributed by atoms with E-state index < -0.39 is 0 Å². The van der Waals surface area contributed by atoms with Gasteiger partial charge in [-0.15, -0.1) is 0 Å². The SMILES string of the molecule is CC(=O)N1CCc2c(cncc2C(=O)Nc2cccc3[nH]ccc23)C1. The highest BCUT2D eigenvalue weighted by Crippen LogP contribution is 2.25. The summed E-state index contributed by atoms with van der Waals surface area (Å²) in [7, 11) is 0. The normalized spacial score (nSPS) is 13.6. The number of nitrogens with zero attached hydrogens (tertiary/aromatic N) is 2. The summed E-state index contributed by atoms with van der Waals surface area (Å²) in [5.41, 5.74) is 4.24. The molecule has 1 aliphatic heterocycles. The van der Waals surface area contributed by atoms with Gasteiger partial charge in [-0.1, -0.05) is 6.07 Å². The highest BCUT2D eigenvalue weighted by Gasteiger charge is 2.23. The van der Waals surface area contributed by atoms with Crippen molar-refractivity contribution in [3.63, 3.8) is 0 Å². The minimum Gasteiger partial charge on any atom is -0.361 e. The molecule has 0 spiro atoms. The van der Waals surface area contributed by atoms with Crippen LogP contribution in [-0.4, -0.2) is 33.2 Å². The molecule has 1 aliphatic rings. The number of hydrogen-bond donors (Lipinski definition) is 2. The Labute approximate surface area is 144 Å². The van der Waals surface area contributed by atoms with Gasteiger partial charge in [0.15, 0.2) is 0 Å². The van der Waals surface area contributed by atoms with Gasteiger partial charge in [0.25, 0.3) is 5.91 Å². The average Bonchev–Trinajstić information content (AvgIpc) is 3.10. The monoisotopic (exact) mass is 334 g/mol. The summed E-state index contributed by atoms with van der Waals surface area (Å²) < 4.78 is 0. The lowest BCUT2D eigenvalue weighted by Gasteiger charge is -2.28. The first-order chi connectivity index (χ1) is 12.1. The lowest BCUT2D eigenvalue weighted by molar-refractivity contribution is -0.129. The minimum absolute atomic E-state index is 0.0413. The van der Waals surface area contributed by atoms with Gasteiger partial charge in [0.1, 0.15) is 0 Å². The predicted molar refractivity (Wildman–Crippen MR) is 95.3 cm³/mol. The zero-order valence-electron chi connectivity index (χ0n) is 13.9. The number of carbonyl (C=O) groups excluding carboxylic acids is 2. The fourth-order valence-electron chi connectivity index (χ4n) is 3.34. The second-order valence-electron chi connectivity index (χ2n) is 6.21. The molecule has 4 rings (SSSR count). The first-order valence-corrected chi connectivity index (χ1v) is 8.22. The summed E-state index contributed by atoms with van der Waals surface area (Å²) in [6.45, 7) is 2.69. The lowest BCUT2D eigenvalue weighted by Crippen LogP contribution is -2.35. The Bertz CT molecular complexity index is 976. The van der Waals surface area contributed by atoms with Gasteiger partial charge in [0, 0.05) is 49.5 Å². The molecule has 0 saturated heterocycles. The largest absolute Gasteiger partial charge is 0.361 e. The molecule has 2 amide bonds. The molecule has 0 bridgehead atoms. The molecule has 6 nitrogen and oxygen atoms in total. The minimum atomic E-state index is -0.172. The number of pyridine rings is 1. The molecule has 3 aromatic rings. The third kappa shape index (κ3) is 2.76. The molecule has 0 aliphatic carbocycles. The van der Waals surface area contributed by atoms with E-state index in [2.05, 4.69) is 15.3 Å². The molecule has 3 heterocycles. The average molecular weight is 334 g/mol. The molecule has 1 aromatic carbocycles. The number of anilines is 1. The van der Waals surface area contributed by atoms with E-state index in [0.717, 1.165) is 27.7 Å². The molecule has 0 atom stereocenters. The molecular formula is C19H18N4O2. The maximum atomic E-state index is 12.8. The maximum Gasteiger partial charge on any atom is 0.257 e. The topological polar surface area (TPSA) is 78.1 Å². The van der Waals surface area contributed by atoms with Crippen molar-refractivity contribution in [2.45, 2.75) is 19.9 Å². The molecule has 0 saturated carbocycles. The van der Waals surface area contributed by atoms with Gasteiger partial charge in [-0.3, -0.25) is 14.6 Å². The summed E-state index contributed by atoms with van der Waals surface area (Å²) >= 11 is 0. The molecule has 2 aromatic heterocycles. The van der Waals surface area contributed by atoms with E-state index in [4.69, 9.17) is 0 Å². The van der Waals surface area contributed by atoms with Gasteiger partial charge >= 0.3 is 0 Å². The highest BCUT2D eigenvalue weighted by molar-refractivity contribution is 6.09. The van der Waals surface area contributed by atoms with E-state index in [1.807, 2.05) is 30.5 Å². The van der Waals surface area contributed by atoms with Crippen LogP contribution in [0.25, 0.3) is 10.9 Å². The van der Waals surface area contributed by atoms with Crippen molar-refractivity contribution in [1.29, 1.82) is 0 Å². The predicted octanol–water partition coefficient (Wildman–Crippen LogP) is 2.72. The number of hydrogen-bond acceptors (Lipinski definition) is 3. The summed E-state index contributed by atoms with van der Waals surface area (Å²) in [6, 6.07) is 7.69. The van der Waals surface area contributed by atoms with Gasteiger partial charge in [0.2, 0.25) is 5.91 Å². The molecule has 126 valence electrons. The summed E-state index contributed by atoms with van der Waals surface area (Å²) in [6.07, 6.45) is 5.86. The van der Waals surface area contributed by atoms with Gasteiger partial charge < -0.3 is 15.2 Å². The summed E-state index contributed by atoms with van der Waals surface area (Å²) in [5, 5.41) is 3.96. The molecule has 0 unspecified atom stereocenters. The third-order valence-corrected chi connectivity index (χ3v) is 4.67. The van der Waals surface area contributed by atoms with Gasteiger partial charge in [-0.25, -0.2) is 0 Å². The fourth-order valence-corrected chi connectivity index (χ4v) is 3.34. The Balaban J connectivity index is 1.64. The van der Waals surface area contributed by atoms with E-state index in [9.17, 15) is 9.59 Å². The van der Waals surface area contributed by atoms with Crippen molar-refractivity contribution in [3.05, 3.63) is 59.5 Å². The number of aromatic nitrogens is 2. The van der Waals surface area contributed by atoms with E-state index in [1.54, 1.807) is 24.2 Å². The number of aromatic amines is 1. The van der Waals surface area contributed by atoms with Crippen LogP contribution in [0.4, 0.5) is 5.69 Å². The van der Waals surface area contributed by atoms with E-state index >= 15 is 0 Å². The third-order valence-electron chi connectivity index (χ3n) is 4.67. The van der Waals surface area contributed by atoms with Crippen LogP contribution in [0.5, 0.6) is 0 Å². The van der Waals surface area contributed by atoms with Crippen LogP contribution < -0.4 is 5.32 Å². The number of benzene rings is 1. The Kier molecular flexibility index (Phi) is 3.72. The molecule has 25 heavy (non-hydrogen) atoms. The molecular weight excluding hydrogens is 316 g/mol. The van der Waals surface area contributed by atoms with Gasteiger partial charge in [-0.2, -0.15) is 0 Å². The fraction of sp³-hybridized carbons (Fsp3) is 0.211. The van der Waals surface area contributed by atoms with Crippen LogP contribution in [0.3, 0.4) is 0 Å². The van der Waals surface area contributed by atoms with Gasteiger partial charge in [-0.05, 0) is 35.7 Å². The summed E-state index contributed by atoms with van der Waals surface area (Å²) in [4.78, 5) is 33.5. The molecule has 6 heteroatoms. The van der Waals surface area contributed by atoms with Crippen molar-refractivity contribution in [3.8, 4) is 0 Å². The first-order valence-electron chi connectivity index (χ1n) is 8.22. The first kappa shape index (κ1) is 15.4. The number of carbonyl (C=O) groups is 2. The van der Waals surface area contributed by atoms with Crippen LogP contribution in [-0.2, 0) is 17.8 Å². The van der Waals surface area contributed by atoms with Crippen molar-refractivity contribution >= 4 is 28.4 Å². The van der Waals surface area contributed by atoms with Crippen molar-refractivity contribution < 1.29 is 9.59 Å². The Morgan fingerprint density at radius 3 is 2.96 bits per heavy atom. The van der Waals surface area contributed by atoms with Crippen LogP contribution in [0.15, 0.2) is 42.9 Å². The lowest BCUT2D eigenvalue weighted by atomic mass is 9.96. The Morgan fingerprint density at radius 1 is 1.24 bits per heavy atom. The van der Waals surface area contributed by atoms with Crippen molar-refractivity contribution in [2.24, 2.45) is 0 Å². The quantitative estimate of drug-likeness (QED) is 0.756. The maximum absolute atomic E-state index is 12.8. The zero-order chi connectivity index (χ0) is 17.4. The van der Waals surface area contributed by atoms with Crippen LogP contribution >= 0.6 is 0 Å².